The van der Waals surface area contributed by atoms with Crippen LogP contribution in [0.25, 0.3) is 0 Å². The standard InChI is InChI=1S/C7H6BrF2NO/c8-5-3-1-2-4(11-5)6(12)7(9)10/h1-3,6-7,12H. The molecule has 0 aromatic carbocycles. The number of aliphatic hydroxyl groups excluding tert-OH is 1. The second-order valence-corrected chi connectivity index (χ2v) is 2.98. The molecule has 0 aliphatic carbocycles. The van der Waals surface area contributed by atoms with Gasteiger partial charge < -0.3 is 5.11 Å². The number of hydrogen-bond donors (Lipinski definition) is 1. The third-order valence-electron chi connectivity index (χ3n) is 1.28. The van der Waals surface area contributed by atoms with Crippen molar-refractivity contribution in [3.8, 4) is 0 Å². The minimum atomic E-state index is -2.80. The molecule has 0 amide bonds. The van der Waals surface area contributed by atoms with E-state index in [-0.39, 0.29) is 5.69 Å². The summed E-state index contributed by atoms with van der Waals surface area (Å²) in [5.41, 5.74) is -0.0284. The van der Waals surface area contributed by atoms with Gasteiger partial charge in [-0.1, -0.05) is 6.07 Å². The van der Waals surface area contributed by atoms with E-state index in [1.54, 1.807) is 6.07 Å². The Hall–Kier alpha value is -0.550. The van der Waals surface area contributed by atoms with Crippen molar-refractivity contribution in [1.29, 1.82) is 0 Å². The van der Waals surface area contributed by atoms with Gasteiger partial charge >= 0.3 is 0 Å². The fourth-order valence-corrected chi connectivity index (χ4v) is 1.08. The molecule has 0 saturated carbocycles. The van der Waals surface area contributed by atoms with Gasteiger partial charge in [-0.25, -0.2) is 13.8 Å². The molecular formula is C7H6BrF2NO. The Labute approximate surface area is 76.4 Å². The molecule has 1 rings (SSSR count). The summed E-state index contributed by atoms with van der Waals surface area (Å²) in [6.45, 7) is 0. The molecular weight excluding hydrogens is 232 g/mol. The first-order chi connectivity index (χ1) is 5.61. The van der Waals surface area contributed by atoms with Gasteiger partial charge in [-0.3, -0.25) is 0 Å². The zero-order valence-electron chi connectivity index (χ0n) is 5.92. The molecule has 0 radical (unpaired) electrons. The number of aromatic nitrogens is 1. The van der Waals surface area contributed by atoms with Crippen molar-refractivity contribution in [3.05, 3.63) is 28.5 Å². The molecule has 0 spiro atoms. The van der Waals surface area contributed by atoms with Crippen molar-refractivity contribution in [2.75, 3.05) is 0 Å². The highest BCUT2D eigenvalue weighted by Crippen LogP contribution is 2.19. The van der Waals surface area contributed by atoms with Gasteiger partial charge in [0.1, 0.15) is 4.60 Å². The predicted octanol–water partition coefficient (Wildman–Crippen LogP) is 2.14. The van der Waals surface area contributed by atoms with Crippen LogP contribution < -0.4 is 0 Å². The Bertz CT molecular complexity index is 269. The molecule has 5 heteroatoms. The van der Waals surface area contributed by atoms with Gasteiger partial charge in [0.2, 0.25) is 0 Å². The van der Waals surface area contributed by atoms with Crippen molar-refractivity contribution in [2.24, 2.45) is 0 Å². The molecule has 1 N–H and O–H groups in total. The third-order valence-corrected chi connectivity index (χ3v) is 1.72. The maximum Gasteiger partial charge on any atom is 0.269 e. The second kappa shape index (κ2) is 3.91. The Kier molecular flexibility index (Phi) is 3.11. The summed E-state index contributed by atoms with van der Waals surface area (Å²) in [6.07, 6.45) is -4.60. The number of alkyl halides is 2. The van der Waals surface area contributed by atoms with E-state index in [9.17, 15) is 8.78 Å². The van der Waals surface area contributed by atoms with E-state index < -0.39 is 12.5 Å². The Morgan fingerprint density at radius 1 is 1.42 bits per heavy atom. The van der Waals surface area contributed by atoms with Crippen LogP contribution in [-0.2, 0) is 0 Å². The Morgan fingerprint density at radius 3 is 2.58 bits per heavy atom. The quantitative estimate of drug-likeness (QED) is 0.800. The van der Waals surface area contributed by atoms with Crippen LogP contribution in [0, 0.1) is 0 Å². The Balaban J connectivity index is 2.88. The molecule has 0 aliphatic heterocycles. The van der Waals surface area contributed by atoms with Crippen LogP contribution in [-0.4, -0.2) is 16.5 Å². The maximum atomic E-state index is 11.9. The molecule has 0 fully saturated rings. The summed E-state index contributed by atoms with van der Waals surface area (Å²) in [5.74, 6) is 0. The minimum Gasteiger partial charge on any atom is -0.381 e. The van der Waals surface area contributed by atoms with Crippen molar-refractivity contribution < 1.29 is 13.9 Å². The highest BCUT2D eigenvalue weighted by molar-refractivity contribution is 9.10. The Morgan fingerprint density at radius 2 is 2.08 bits per heavy atom. The lowest BCUT2D eigenvalue weighted by Gasteiger charge is -2.07. The van der Waals surface area contributed by atoms with Crippen LogP contribution in [0.1, 0.15) is 11.8 Å². The fraction of sp³-hybridized carbons (Fsp3) is 0.286. The molecule has 0 bridgehead atoms. The number of pyridine rings is 1. The van der Waals surface area contributed by atoms with E-state index in [1.807, 2.05) is 0 Å². The summed E-state index contributed by atoms with van der Waals surface area (Å²) in [7, 11) is 0. The number of rotatable bonds is 2. The molecule has 0 saturated heterocycles. The number of halogens is 3. The zero-order chi connectivity index (χ0) is 9.14. The summed E-state index contributed by atoms with van der Waals surface area (Å²) < 4.78 is 24.3. The highest BCUT2D eigenvalue weighted by Gasteiger charge is 2.20. The first-order valence-corrected chi connectivity index (χ1v) is 3.99. The number of nitrogens with zero attached hydrogens (tertiary/aromatic N) is 1. The van der Waals surface area contributed by atoms with Gasteiger partial charge in [-0.05, 0) is 28.1 Å². The molecule has 0 aliphatic rings. The minimum absolute atomic E-state index is 0.0284. The molecule has 1 heterocycles. The lowest BCUT2D eigenvalue weighted by molar-refractivity contribution is -0.00828. The first-order valence-electron chi connectivity index (χ1n) is 3.20. The van der Waals surface area contributed by atoms with Crippen LogP contribution in [0.5, 0.6) is 0 Å². The summed E-state index contributed by atoms with van der Waals surface area (Å²) in [4.78, 5) is 3.68. The highest BCUT2D eigenvalue weighted by atomic mass is 79.9. The SMILES string of the molecule is OC(c1cccc(Br)n1)C(F)F. The molecule has 1 unspecified atom stereocenters. The third kappa shape index (κ3) is 2.22. The predicted molar refractivity (Wildman–Crippen MR) is 42.9 cm³/mol. The molecule has 1 atom stereocenters. The topological polar surface area (TPSA) is 33.1 Å². The fourth-order valence-electron chi connectivity index (χ4n) is 0.718. The monoisotopic (exact) mass is 237 g/mol. The number of aliphatic hydroxyl groups is 1. The van der Waals surface area contributed by atoms with Crippen LogP contribution in [0.15, 0.2) is 22.8 Å². The lowest BCUT2D eigenvalue weighted by Crippen LogP contribution is -2.09. The first kappa shape index (κ1) is 9.54. The van der Waals surface area contributed by atoms with Gasteiger partial charge in [-0.2, -0.15) is 0 Å². The summed E-state index contributed by atoms with van der Waals surface area (Å²) >= 11 is 3.01. The molecule has 66 valence electrons. The van der Waals surface area contributed by atoms with Crippen LogP contribution in [0.2, 0.25) is 0 Å². The van der Waals surface area contributed by atoms with Crippen molar-refractivity contribution >= 4 is 15.9 Å². The van der Waals surface area contributed by atoms with E-state index in [4.69, 9.17) is 5.11 Å². The smallest absolute Gasteiger partial charge is 0.269 e. The van der Waals surface area contributed by atoms with Gasteiger partial charge in [0.25, 0.3) is 6.43 Å². The van der Waals surface area contributed by atoms with Crippen LogP contribution in [0.3, 0.4) is 0 Å². The molecule has 2 nitrogen and oxygen atoms in total. The maximum absolute atomic E-state index is 11.9. The van der Waals surface area contributed by atoms with E-state index in [1.165, 1.54) is 12.1 Å². The largest absolute Gasteiger partial charge is 0.381 e. The van der Waals surface area contributed by atoms with E-state index in [0.29, 0.717) is 4.60 Å². The summed E-state index contributed by atoms with van der Waals surface area (Å²) in [6, 6.07) is 4.49. The molecule has 1 aromatic heterocycles. The molecule has 1 aromatic rings. The van der Waals surface area contributed by atoms with Gasteiger partial charge in [0.15, 0.2) is 6.10 Å². The van der Waals surface area contributed by atoms with Gasteiger partial charge in [-0.15, -0.1) is 0 Å². The van der Waals surface area contributed by atoms with E-state index >= 15 is 0 Å². The van der Waals surface area contributed by atoms with Gasteiger partial charge in [0.05, 0.1) is 5.69 Å². The van der Waals surface area contributed by atoms with Crippen LogP contribution in [0.4, 0.5) is 8.78 Å². The number of hydrogen-bond acceptors (Lipinski definition) is 2. The van der Waals surface area contributed by atoms with Crippen molar-refractivity contribution in [1.82, 2.24) is 4.98 Å². The lowest BCUT2D eigenvalue weighted by atomic mass is 10.2. The van der Waals surface area contributed by atoms with Crippen LogP contribution >= 0.6 is 15.9 Å². The average Bonchev–Trinajstić information content (AvgIpc) is 2.03. The normalized spacial score (nSPS) is 13.4. The van der Waals surface area contributed by atoms with E-state index in [0.717, 1.165) is 0 Å². The summed E-state index contributed by atoms with van der Waals surface area (Å²) in [5, 5.41) is 8.89. The average molecular weight is 238 g/mol. The molecule has 12 heavy (non-hydrogen) atoms. The van der Waals surface area contributed by atoms with Gasteiger partial charge in [0, 0.05) is 0 Å². The van der Waals surface area contributed by atoms with Crippen molar-refractivity contribution in [3.63, 3.8) is 0 Å². The van der Waals surface area contributed by atoms with Crippen molar-refractivity contribution in [2.45, 2.75) is 12.5 Å². The second-order valence-electron chi connectivity index (χ2n) is 2.16. The zero-order valence-corrected chi connectivity index (χ0v) is 7.50. The van der Waals surface area contributed by atoms with E-state index in [2.05, 4.69) is 20.9 Å².